The van der Waals surface area contributed by atoms with E-state index in [-0.39, 0.29) is 6.61 Å². The van der Waals surface area contributed by atoms with E-state index in [0.29, 0.717) is 30.5 Å². The lowest BCUT2D eigenvalue weighted by Crippen LogP contribution is -2.33. The topological polar surface area (TPSA) is 103 Å². The summed E-state index contributed by atoms with van der Waals surface area (Å²) in [5.74, 6) is 1.99. The van der Waals surface area contributed by atoms with Gasteiger partial charge in [0.1, 0.15) is 30.8 Å². The van der Waals surface area contributed by atoms with Crippen molar-refractivity contribution >= 4 is 21.6 Å². The summed E-state index contributed by atoms with van der Waals surface area (Å²) < 4.78 is 17.1. The summed E-state index contributed by atoms with van der Waals surface area (Å²) in [6.07, 6.45) is 0.695. The minimum atomic E-state index is -0.590. The number of hydrogen-bond acceptors (Lipinski definition) is 9. The normalized spacial score (nSPS) is 12.2. The summed E-state index contributed by atoms with van der Waals surface area (Å²) in [4.78, 5) is 8.51. The third-order valence-corrected chi connectivity index (χ3v) is 5.04. The highest BCUT2D eigenvalue weighted by Crippen LogP contribution is 2.30. The number of aliphatic hydroxyl groups excluding tert-OH is 1. The van der Waals surface area contributed by atoms with E-state index < -0.39 is 6.10 Å². The molecule has 0 aliphatic heterocycles. The minimum Gasteiger partial charge on any atom is -0.492 e. The fourth-order valence-corrected chi connectivity index (χ4v) is 3.56. The average molecular weight is 412 g/mol. The largest absolute Gasteiger partial charge is 0.492 e. The lowest BCUT2D eigenvalue weighted by atomic mass is 10.3. The van der Waals surface area contributed by atoms with E-state index in [1.807, 2.05) is 48.5 Å². The fourth-order valence-electron chi connectivity index (χ4n) is 2.63. The van der Waals surface area contributed by atoms with Crippen LogP contribution in [-0.2, 0) is 0 Å². The fraction of sp³-hybridized carbons (Fsp3) is 0.250. The van der Waals surface area contributed by atoms with Crippen molar-refractivity contribution in [2.75, 3.05) is 26.3 Å². The zero-order valence-corrected chi connectivity index (χ0v) is 16.3. The number of aliphatic hydroxyl groups is 1. The zero-order chi connectivity index (χ0) is 19.9. The Morgan fingerprint density at radius 1 is 1.10 bits per heavy atom. The van der Waals surface area contributed by atoms with Crippen LogP contribution in [0.2, 0.25) is 0 Å². The van der Waals surface area contributed by atoms with Crippen molar-refractivity contribution in [2.45, 2.75) is 6.10 Å². The summed E-state index contributed by atoms with van der Waals surface area (Å²) in [6, 6.07) is 15.2. The molecule has 150 valence electrons. The molecule has 0 fully saturated rings. The van der Waals surface area contributed by atoms with Gasteiger partial charge in [0.2, 0.25) is 12.2 Å². The van der Waals surface area contributed by atoms with Crippen LogP contribution in [0.5, 0.6) is 11.5 Å². The number of rotatable bonds is 10. The highest BCUT2D eigenvalue weighted by atomic mass is 32.1. The molecule has 29 heavy (non-hydrogen) atoms. The van der Waals surface area contributed by atoms with E-state index in [9.17, 15) is 5.11 Å². The molecule has 4 aromatic rings. The van der Waals surface area contributed by atoms with Crippen molar-refractivity contribution in [3.63, 3.8) is 0 Å². The Balaban J connectivity index is 1.19. The molecule has 4 rings (SSSR count). The van der Waals surface area contributed by atoms with E-state index in [1.165, 1.54) is 17.7 Å². The maximum atomic E-state index is 9.98. The van der Waals surface area contributed by atoms with Crippen LogP contribution in [0.1, 0.15) is 0 Å². The van der Waals surface area contributed by atoms with Gasteiger partial charge in [-0.15, -0.1) is 11.3 Å². The van der Waals surface area contributed by atoms with E-state index in [1.54, 1.807) is 0 Å². The summed E-state index contributed by atoms with van der Waals surface area (Å²) in [7, 11) is 0. The molecule has 0 amide bonds. The highest BCUT2D eigenvalue weighted by Gasteiger charge is 2.11. The Kier molecular flexibility index (Phi) is 6.30. The molecular formula is C20H20N4O4S. The first-order valence-electron chi connectivity index (χ1n) is 9.15. The lowest BCUT2D eigenvalue weighted by molar-refractivity contribution is 0.105. The third kappa shape index (κ3) is 5.29. The molecule has 0 radical (unpaired) electrons. The number of aromatic nitrogens is 3. The van der Waals surface area contributed by atoms with Crippen LogP contribution in [0.4, 0.5) is 0 Å². The van der Waals surface area contributed by atoms with Gasteiger partial charge in [0.25, 0.3) is 0 Å². The van der Waals surface area contributed by atoms with Crippen molar-refractivity contribution in [3.05, 3.63) is 54.9 Å². The van der Waals surface area contributed by atoms with E-state index in [4.69, 9.17) is 14.0 Å². The molecular weight excluding hydrogens is 392 g/mol. The third-order valence-electron chi connectivity index (χ3n) is 4.03. The second-order valence-electron chi connectivity index (χ2n) is 6.23. The molecule has 9 heteroatoms. The number of benzene rings is 2. The van der Waals surface area contributed by atoms with Crippen LogP contribution in [0.15, 0.2) is 59.4 Å². The smallest absolute Gasteiger partial charge is 0.231 e. The summed E-state index contributed by atoms with van der Waals surface area (Å²) in [5.41, 5.74) is 0.863. The van der Waals surface area contributed by atoms with E-state index in [0.717, 1.165) is 21.7 Å². The van der Waals surface area contributed by atoms with Gasteiger partial charge < -0.3 is 24.4 Å². The predicted octanol–water partition coefficient (Wildman–Crippen LogP) is 2.75. The van der Waals surface area contributed by atoms with Gasteiger partial charge in [0, 0.05) is 13.1 Å². The van der Waals surface area contributed by atoms with Crippen molar-refractivity contribution in [1.29, 1.82) is 0 Å². The monoisotopic (exact) mass is 412 g/mol. The average Bonchev–Trinajstić information content (AvgIpc) is 3.42. The molecule has 0 saturated carbocycles. The molecule has 0 unspecified atom stereocenters. The summed E-state index contributed by atoms with van der Waals surface area (Å²) in [6.45, 7) is 1.76. The van der Waals surface area contributed by atoms with Gasteiger partial charge in [0.15, 0.2) is 5.01 Å². The second kappa shape index (κ2) is 9.46. The number of para-hydroxylation sites is 1. The Bertz CT molecular complexity index is 1020. The Hall–Kier alpha value is -3.01. The highest BCUT2D eigenvalue weighted by molar-refractivity contribution is 7.21. The van der Waals surface area contributed by atoms with E-state index >= 15 is 0 Å². The number of nitrogens with zero attached hydrogens (tertiary/aromatic N) is 3. The number of nitrogens with one attached hydrogen (secondary N) is 1. The van der Waals surface area contributed by atoms with Crippen LogP contribution >= 0.6 is 11.3 Å². The zero-order valence-electron chi connectivity index (χ0n) is 15.5. The van der Waals surface area contributed by atoms with Gasteiger partial charge in [-0.05, 0) is 30.3 Å². The second-order valence-corrected chi connectivity index (χ2v) is 7.26. The Morgan fingerprint density at radius 3 is 2.83 bits per heavy atom. The SMILES string of the molecule is O[C@@H](CNCCOc1ccc2nc(-c3ncon3)sc2c1)COc1ccccc1. The van der Waals surface area contributed by atoms with Gasteiger partial charge in [-0.1, -0.05) is 23.4 Å². The molecule has 8 nitrogen and oxygen atoms in total. The first-order chi connectivity index (χ1) is 14.3. The maximum absolute atomic E-state index is 9.98. The quantitative estimate of drug-likeness (QED) is 0.383. The van der Waals surface area contributed by atoms with Crippen LogP contribution in [0.3, 0.4) is 0 Å². The summed E-state index contributed by atoms with van der Waals surface area (Å²) >= 11 is 1.48. The minimum absolute atomic E-state index is 0.239. The molecule has 1 atom stereocenters. The molecule has 2 N–H and O–H groups in total. The molecule has 0 aliphatic carbocycles. The molecule has 0 bridgehead atoms. The van der Waals surface area contributed by atoms with Gasteiger partial charge in [0.05, 0.1) is 10.2 Å². The van der Waals surface area contributed by atoms with Crippen molar-refractivity contribution in [1.82, 2.24) is 20.4 Å². The van der Waals surface area contributed by atoms with Gasteiger partial charge in [-0.3, -0.25) is 0 Å². The Morgan fingerprint density at radius 2 is 2.00 bits per heavy atom. The molecule has 2 aromatic heterocycles. The summed E-state index contributed by atoms with van der Waals surface area (Å²) in [5, 5.41) is 17.7. The molecule has 2 heterocycles. The van der Waals surface area contributed by atoms with Gasteiger partial charge in [-0.2, -0.15) is 4.98 Å². The standard InChI is InChI=1S/C20H20N4O4S/c25-14(12-27-15-4-2-1-3-5-15)11-21-8-9-26-16-6-7-17-18(10-16)29-20(23-17)19-22-13-28-24-19/h1-7,10,13-14,21,25H,8-9,11-12H2/t14-/m0/s1. The van der Waals surface area contributed by atoms with Crippen molar-refractivity contribution in [2.24, 2.45) is 0 Å². The number of fused-ring (bicyclic) bond motifs is 1. The lowest BCUT2D eigenvalue weighted by Gasteiger charge is -2.13. The number of thiazole rings is 1. The van der Waals surface area contributed by atoms with Gasteiger partial charge in [-0.25, -0.2) is 4.98 Å². The Labute approximate surface area is 171 Å². The number of ether oxygens (including phenoxy) is 2. The first-order valence-corrected chi connectivity index (χ1v) is 9.96. The molecule has 2 aromatic carbocycles. The maximum Gasteiger partial charge on any atom is 0.231 e. The predicted molar refractivity (Wildman–Crippen MR) is 109 cm³/mol. The van der Waals surface area contributed by atoms with Crippen LogP contribution < -0.4 is 14.8 Å². The number of hydrogen-bond donors (Lipinski definition) is 2. The first kappa shape index (κ1) is 19.3. The van der Waals surface area contributed by atoms with Crippen molar-refractivity contribution in [3.8, 4) is 22.3 Å². The molecule has 0 spiro atoms. The van der Waals surface area contributed by atoms with Crippen LogP contribution in [-0.4, -0.2) is 52.6 Å². The van der Waals surface area contributed by atoms with E-state index in [2.05, 4.69) is 20.4 Å². The van der Waals surface area contributed by atoms with Crippen molar-refractivity contribution < 1.29 is 19.1 Å². The van der Waals surface area contributed by atoms with Crippen LogP contribution in [0.25, 0.3) is 21.0 Å². The molecule has 0 saturated heterocycles. The molecule has 0 aliphatic rings. The van der Waals surface area contributed by atoms with Crippen LogP contribution in [0, 0.1) is 0 Å². The van der Waals surface area contributed by atoms with Gasteiger partial charge >= 0.3 is 0 Å².